The maximum Gasteiger partial charge on any atom is 0.258 e. The van der Waals surface area contributed by atoms with E-state index in [2.05, 4.69) is 10.1 Å². The van der Waals surface area contributed by atoms with E-state index in [0.717, 1.165) is 12.5 Å². The molecule has 0 saturated carbocycles. The predicted molar refractivity (Wildman–Crippen MR) is 96.1 cm³/mol. The largest absolute Gasteiger partial charge is 0.334 e. The van der Waals surface area contributed by atoms with Crippen molar-refractivity contribution in [3.8, 4) is 22.8 Å². The van der Waals surface area contributed by atoms with Gasteiger partial charge < -0.3 is 4.52 Å². The number of hydrogen-bond donors (Lipinski definition) is 0. The zero-order valence-corrected chi connectivity index (χ0v) is 15.9. The summed E-state index contributed by atoms with van der Waals surface area (Å²) in [5.74, 6) is 0.457. The Balaban J connectivity index is 1.98. The number of aryl methyl sites for hydroxylation is 1. The van der Waals surface area contributed by atoms with E-state index in [1.807, 2.05) is 0 Å². The van der Waals surface area contributed by atoms with Crippen LogP contribution in [0.5, 0.6) is 0 Å². The minimum absolute atomic E-state index is 0.178. The van der Waals surface area contributed by atoms with E-state index in [-0.39, 0.29) is 21.5 Å². The highest BCUT2D eigenvalue weighted by molar-refractivity contribution is 7.91. The quantitative estimate of drug-likeness (QED) is 0.671. The minimum Gasteiger partial charge on any atom is -0.334 e. The standard InChI is InChI=1S/C17H16N2O5S2/c1-11-4-5-13(10-15(11)26(3,22)23)17-18-16(19-24-17)12-6-8-14(9-7-12)25(2,20)21/h4-10H,1-3H3. The molecular formula is C17H16N2O5S2. The lowest BCUT2D eigenvalue weighted by molar-refractivity contribution is 0.432. The third kappa shape index (κ3) is 3.68. The van der Waals surface area contributed by atoms with E-state index in [1.54, 1.807) is 31.2 Å². The average molecular weight is 392 g/mol. The van der Waals surface area contributed by atoms with Gasteiger partial charge in [0.15, 0.2) is 19.7 Å². The summed E-state index contributed by atoms with van der Waals surface area (Å²) < 4.78 is 52.0. The average Bonchev–Trinajstić information content (AvgIpc) is 3.03. The maximum absolute atomic E-state index is 11.9. The van der Waals surface area contributed by atoms with Gasteiger partial charge in [0, 0.05) is 23.6 Å². The lowest BCUT2D eigenvalue weighted by Crippen LogP contribution is -2.00. The number of sulfone groups is 2. The molecule has 0 amide bonds. The second-order valence-electron chi connectivity index (χ2n) is 5.97. The number of hydrogen-bond acceptors (Lipinski definition) is 7. The molecule has 0 atom stereocenters. The first kappa shape index (κ1) is 18.3. The first-order chi connectivity index (χ1) is 12.1. The molecule has 0 aliphatic carbocycles. The predicted octanol–water partition coefficient (Wildman–Crippen LogP) is 2.52. The Bertz CT molecular complexity index is 1180. The molecule has 0 radical (unpaired) electrons. The van der Waals surface area contributed by atoms with Crippen molar-refractivity contribution < 1.29 is 21.4 Å². The Morgan fingerprint density at radius 2 is 1.46 bits per heavy atom. The molecule has 1 aromatic heterocycles. The molecule has 9 heteroatoms. The van der Waals surface area contributed by atoms with Crippen molar-refractivity contribution in [3.63, 3.8) is 0 Å². The Hall–Kier alpha value is -2.52. The van der Waals surface area contributed by atoms with Crippen LogP contribution >= 0.6 is 0 Å². The van der Waals surface area contributed by atoms with E-state index in [4.69, 9.17) is 4.52 Å². The van der Waals surface area contributed by atoms with Gasteiger partial charge in [-0.15, -0.1) is 0 Å². The summed E-state index contributed by atoms with van der Waals surface area (Å²) in [7, 11) is -6.66. The molecular weight excluding hydrogens is 376 g/mol. The summed E-state index contributed by atoms with van der Waals surface area (Å²) >= 11 is 0. The third-order valence-corrected chi connectivity index (χ3v) is 6.17. The fourth-order valence-corrected chi connectivity index (χ4v) is 4.07. The first-order valence-corrected chi connectivity index (χ1v) is 11.3. The van der Waals surface area contributed by atoms with Crippen molar-refractivity contribution in [1.82, 2.24) is 10.1 Å². The molecule has 0 spiro atoms. The van der Waals surface area contributed by atoms with E-state index in [1.165, 1.54) is 18.2 Å². The first-order valence-electron chi connectivity index (χ1n) is 7.51. The van der Waals surface area contributed by atoms with E-state index in [9.17, 15) is 16.8 Å². The Morgan fingerprint density at radius 3 is 2.04 bits per heavy atom. The van der Waals surface area contributed by atoms with Gasteiger partial charge >= 0.3 is 0 Å². The molecule has 0 unspecified atom stereocenters. The fraction of sp³-hybridized carbons (Fsp3) is 0.176. The SMILES string of the molecule is Cc1ccc(-c2nc(-c3ccc(S(C)(=O)=O)cc3)no2)cc1S(C)(=O)=O. The number of benzene rings is 2. The van der Waals surface area contributed by atoms with Gasteiger partial charge in [-0.2, -0.15) is 4.98 Å². The van der Waals surface area contributed by atoms with Crippen LogP contribution < -0.4 is 0 Å². The summed E-state index contributed by atoms with van der Waals surface area (Å²) in [5.41, 5.74) is 1.71. The highest BCUT2D eigenvalue weighted by Gasteiger charge is 2.16. The minimum atomic E-state index is -3.37. The van der Waals surface area contributed by atoms with Crippen LogP contribution in [0.1, 0.15) is 5.56 Å². The van der Waals surface area contributed by atoms with Crippen LogP contribution in [-0.2, 0) is 19.7 Å². The van der Waals surface area contributed by atoms with E-state index in [0.29, 0.717) is 16.7 Å². The van der Waals surface area contributed by atoms with Gasteiger partial charge in [0.05, 0.1) is 9.79 Å². The molecule has 0 aliphatic rings. The van der Waals surface area contributed by atoms with Crippen molar-refractivity contribution in [2.24, 2.45) is 0 Å². The van der Waals surface area contributed by atoms with Gasteiger partial charge in [-0.25, -0.2) is 16.8 Å². The molecule has 3 rings (SSSR count). The van der Waals surface area contributed by atoms with Crippen LogP contribution in [0.25, 0.3) is 22.8 Å². The second-order valence-corrected chi connectivity index (χ2v) is 9.97. The van der Waals surface area contributed by atoms with Gasteiger partial charge in [-0.3, -0.25) is 0 Å². The van der Waals surface area contributed by atoms with Crippen LogP contribution in [-0.4, -0.2) is 39.5 Å². The van der Waals surface area contributed by atoms with Gasteiger partial charge in [-0.1, -0.05) is 11.2 Å². The van der Waals surface area contributed by atoms with Crippen molar-refractivity contribution in [1.29, 1.82) is 0 Å². The summed E-state index contributed by atoms with van der Waals surface area (Å²) in [6.07, 6.45) is 2.27. The fourth-order valence-electron chi connectivity index (χ4n) is 2.44. The van der Waals surface area contributed by atoms with Crippen molar-refractivity contribution in [2.45, 2.75) is 16.7 Å². The smallest absolute Gasteiger partial charge is 0.258 e. The van der Waals surface area contributed by atoms with Crippen LogP contribution in [0.15, 0.2) is 56.8 Å². The summed E-state index contributed by atoms with van der Waals surface area (Å²) in [5, 5.41) is 3.88. The Morgan fingerprint density at radius 1 is 0.846 bits per heavy atom. The van der Waals surface area contributed by atoms with Gasteiger partial charge in [-0.05, 0) is 48.9 Å². The summed E-state index contributed by atoms with van der Waals surface area (Å²) in [6.45, 7) is 1.71. The molecule has 26 heavy (non-hydrogen) atoms. The molecule has 0 bridgehead atoms. The van der Waals surface area contributed by atoms with E-state index >= 15 is 0 Å². The van der Waals surface area contributed by atoms with Crippen molar-refractivity contribution in [3.05, 3.63) is 48.0 Å². The monoisotopic (exact) mass is 392 g/mol. The molecule has 7 nitrogen and oxygen atoms in total. The highest BCUT2D eigenvalue weighted by atomic mass is 32.2. The molecule has 1 heterocycles. The molecule has 3 aromatic rings. The highest BCUT2D eigenvalue weighted by Crippen LogP contribution is 2.26. The third-order valence-electron chi connectivity index (χ3n) is 3.80. The van der Waals surface area contributed by atoms with Gasteiger partial charge in [0.2, 0.25) is 5.82 Å². The molecule has 136 valence electrons. The Kier molecular flexibility index (Phi) is 4.45. The molecule has 0 aliphatic heterocycles. The maximum atomic E-state index is 11.9. The topological polar surface area (TPSA) is 107 Å². The molecule has 2 aromatic carbocycles. The van der Waals surface area contributed by atoms with Crippen LogP contribution in [0.2, 0.25) is 0 Å². The van der Waals surface area contributed by atoms with Crippen LogP contribution in [0.3, 0.4) is 0 Å². The number of aromatic nitrogens is 2. The van der Waals surface area contributed by atoms with Crippen LogP contribution in [0.4, 0.5) is 0 Å². The molecule has 0 saturated heterocycles. The molecule has 0 N–H and O–H groups in total. The normalized spacial score (nSPS) is 12.3. The lowest BCUT2D eigenvalue weighted by Gasteiger charge is -2.04. The number of nitrogens with zero attached hydrogens (tertiary/aromatic N) is 2. The zero-order chi connectivity index (χ0) is 19.1. The summed E-state index contributed by atoms with van der Waals surface area (Å²) in [6, 6.07) is 11.0. The van der Waals surface area contributed by atoms with Crippen LogP contribution in [0, 0.1) is 6.92 Å². The lowest BCUT2D eigenvalue weighted by atomic mass is 10.1. The van der Waals surface area contributed by atoms with Gasteiger partial charge in [0.1, 0.15) is 0 Å². The van der Waals surface area contributed by atoms with Crippen molar-refractivity contribution in [2.75, 3.05) is 12.5 Å². The van der Waals surface area contributed by atoms with Crippen molar-refractivity contribution >= 4 is 19.7 Å². The summed E-state index contributed by atoms with van der Waals surface area (Å²) in [4.78, 5) is 4.67. The Labute approximate surface area is 151 Å². The molecule has 0 fully saturated rings. The number of rotatable bonds is 4. The van der Waals surface area contributed by atoms with Gasteiger partial charge in [0.25, 0.3) is 5.89 Å². The van der Waals surface area contributed by atoms with E-state index < -0.39 is 19.7 Å². The zero-order valence-electron chi connectivity index (χ0n) is 14.3. The second kappa shape index (κ2) is 6.33.